The molecule has 2 unspecified atom stereocenters. The number of benzene rings is 2. The average Bonchev–Trinajstić information content (AvgIpc) is 3.39. The lowest BCUT2D eigenvalue weighted by Crippen LogP contribution is -2.73. The maximum Gasteiger partial charge on any atom is 0.268 e. The topological polar surface area (TPSA) is 103 Å². The normalized spacial score (nSPS) is 31.7. The van der Waals surface area contributed by atoms with Crippen LogP contribution >= 0.6 is 21.6 Å². The van der Waals surface area contributed by atoms with Crippen LogP contribution in [0.5, 0.6) is 0 Å². The molecule has 2 amide bonds. The fourth-order valence-electron chi connectivity index (χ4n) is 5.68. The number of carbonyl (C=O) groups excluding carboxylic acids is 2. The van der Waals surface area contributed by atoms with Crippen molar-refractivity contribution in [2.24, 2.45) is 5.41 Å². The highest BCUT2D eigenvalue weighted by Crippen LogP contribution is 2.69. The number of fused-ring (bicyclic) bond motifs is 3. The van der Waals surface area contributed by atoms with Crippen molar-refractivity contribution in [1.29, 1.82) is 5.26 Å². The van der Waals surface area contributed by atoms with E-state index in [-0.39, 0.29) is 23.1 Å². The summed E-state index contributed by atoms with van der Waals surface area (Å²) in [4.78, 5) is 28.4. The summed E-state index contributed by atoms with van der Waals surface area (Å²) in [6.45, 7) is 3.47. The predicted octanol–water partition coefficient (Wildman–Crippen LogP) is 3.96. The molecule has 7 rings (SSSR count). The summed E-state index contributed by atoms with van der Waals surface area (Å²) < 4.78 is 28.6. The molecule has 4 aliphatic heterocycles. The van der Waals surface area contributed by atoms with E-state index in [1.807, 2.05) is 0 Å². The molecule has 4 saturated heterocycles. The van der Waals surface area contributed by atoms with Gasteiger partial charge in [-0.25, -0.2) is 12.4 Å². The number of para-hydroxylation sites is 1. The van der Waals surface area contributed by atoms with E-state index < -0.39 is 31.2 Å². The van der Waals surface area contributed by atoms with Crippen LogP contribution in [0.1, 0.15) is 31.9 Å². The molecular formula is C25H22N4O4S3. The first-order chi connectivity index (χ1) is 17.0. The minimum absolute atomic E-state index is 0.132. The summed E-state index contributed by atoms with van der Waals surface area (Å²) in [7, 11) is 0.339. The van der Waals surface area contributed by atoms with Gasteiger partial charge in [0, 0.05) is 30.6 Å². The van der Waals surface area contributed by atoms with Crippen molar-refractivity contribution in [2.75, 3.05) is 7.05 Å². The van der Waals surface area contributed by atoms with E-state index in [0.29, 0.717) is 16.5 Å². The first-order valence-electron chi connectivity index (χ1n) is 11.3. The van der Waals surface area contributed by atoms with Gasteiger partial charge in [-0.2, -0.15) is 5.26 Å². The van der Waals surface area contributed by atoms with E-state index >= 15 is 0 Å². The third-order valence-corrected chi connectivity index (χ3v) is 13.0. The first kappa shape index (κ1) is 23.5. The van der Waals surface area contributed by atoms with Crippen molar-refractivity contribution in [3.8, 4) is 6.07 Å². The van der Waals surface area contributed by atoms with Gasteiger partial charge in [0.2, 0.25) is 0 Å². The fraction of sp³-hybridized carbons (Fsp3) is 0.320. The highest BCUT2D eigenvalue weighted by Gasteiger charge is 2.75. The van der Waals surface area contributed by atoms with E-state index in [1.165, 1.54) is 48.8 Å². The number of nitrogens with zero attached hydrogens (tertiary/aromatic N) is 4. The molecule has 3 aromatic rings. The van der Waals surface area contributed by atoms with Gasteiger partial charge in [-0.15, -0.1) is 0 Å². The fourth-order valence-corrected chi connectivity index (χ4v) is 10.7. The minimum Gasteiger partial charge on any atom is -0.319 e. The number of amides is 2. The second kappa shape index (κ2) is 7.31. The van der Waals surface area contributed by atoms with Crippen molar-refractivity contribution in [3.63, 3.8) is 0 Å². The third kappa shape index (κ3) is 2.69. The quantitative estimate of drug-likeness (QED) is 0.465. The Morgan fingerprint density at radius 2 is 1.67 bits per heavy atom. The molecule has 5 heterocycles. The zero-order valence-corrected chi connectivity index (χ0v) is 22.2. The molecule has 4 fully saturated rings. The molecule has 1 aromatic heterocycles. The number of piperazine rings is 1. The summed E-state index contributed by atoms with van der Waals surface area (Å²) in [6, 6.07) is 16.8. The number of hydrogen-bond donors (Lipinski definition) is 0. The molecule has 0 saturated carbocycles. The van der Waals surface area contributed by atoms with Crippen molar-refractivity contribution < 1.29 is 18.0 Å². The van der Waals surface area contributed by atoms with Gasteiger partial charge in [0.25, 0.3) is 21.8 Å². The smallest absolute Gasteiger partial charge is 0.268 e. The van der Waals surface area contributed by atoms with Gasteiger partial charge in [0.15, 0.2) is 9.74 Å². The summed E-state index contributed by atoms with van der Waals surface area (Å²) in [6.07, 6.45) is 1.67. The standard InChI is InChI=1S/C25H22N4O4S3/c1-23(15-26)14-25-22(31)27(3)24(2,34-35-25)21(30)29(25)20(23)18-13-28(19-12-8-7-11-17(18)19)36(32,33)16-9-5-4-6-10-16/h4-13,20H,14H2,1-3H3/t20?,23-,24?,25+/m1/s1. The monoisotopic (exact) mass is 538 g/mol. The Labute approximate surface area is 216 Å². The number of carbonyl (C=O) groups is 2. The maximum absolute atomic E-state index is 14.0. The summed E-state index contributed by atoms with van der Waals surface area (Å²) >= 11 is 0. The first-order valence-corrected chi connectivity index (χ1v) is 14.9. The Morgan fingerprint density at radius 1 is 1.00 bits per heavy atom. The summed E-state index contributed by atoms with van der Waals surface area (Å²) in [5.41, 5.74) is -0.138. The molecule has 1 spiro atoms. The van der Waals surface area contributed by atoms with Crippen LogP contribution in [-0.2, 0) is 19.6 Å². The van der Waals surface area contributed by atoms with Crippen molar-refractivity contribution in [2.45, 2.75) is 40.9 Å². The van der Waals surface area contributed by atoms with Crippen molar-refractivity contribution in [3.05, 3.63) is 66.4 Å². The van der Waals surface area contributed by atoms with E-state index in [0.717, 1.165) is 0 Å². The molecule has 0 radical (unpaired) electrons. The van der Waals surface area contributed by atoms with Crippen LogP contribution in [0.25, 0.3) is 10.9 Å². The van der Waals surface area contributed by atoms with Crippen LogP contribution in [0.2, 0.25) is 0 Å². The Morgan fingerprint density at radius 3 is 2.36 bits per heavy atom. The second-order valence-electron chi connectivity index (χ2n) is 9.80. The molecule has 2 bridgehead atoms. The van der Waals surface area contributed by atoms with Crippen molar-refractivity contribution in [1.82, 2.24) is 13.8 Å². The Balaban J connectivity index is 1.62. The molecule has 36 heavy (non-hydrogen) atoms. The molecule has 8 nitrogen and oxygen atoms in total. The Bertz CT molecular complexity index is 1610. The number of likely N-dealkylation sites (N-methyl/N-ethyl adjacent to an activating group) is 1. The molecule has 0 N–H and O–H groups in total. The lowest BCUT2D eigenvalue weighted by molar-refractivity contribution is -0.164. The van der Waals surface area contributed by atoms with E-state index in [4.69, 9.17) is 0 Å². The highest BCUT2D eigenvalue weighted by molar-refractivity contribution is 8.78. The van der Waals surface area contributed by atoms with E-state index in [1.54, 1.807) is 68.3 Å². The molecule has 0 aliphatic carbocycles. The predicted molar refractivity (Wildman–Crippen MR) is 138 cm³/mol. The van der Waals surface area contributed by atoms with Gasteiger partial charge in [-0.1, -0.05) is 58.0 Å². The van der Waals surface area contributed by atoms with Crippen LogP contribution in [-0.4, -0.2) is 50.8 Å². The number of nitriles is 1. The third-order valence-electron chi connectivity index (χ3n) is 7.65. The van der Waals surface area contributed by atoms with Crippen LogP contribution in [0.15, 0.2) is 65.7 Å². The molecular weight excluding hydrogens is 517 g/mol. The van der Waals surface area contributed by atoms with Gasteiger partial charge in [0.05, 0.1) is 27.9 Å². The van der Waals surface area contributed by atoms with Crippen LogP contribution < -0.4 is 0 Å². The molecule has 4 atom stereocenters. The summed E-state index contributed by atoms with van der Waals surface area (Å²) in [5.74, 6) is -0.460. The van der Waals surface area contributed by atoms with Crippen LogP contribution in [0, 0.1) is 16.7 Å². The zero-order chi connectivity index (χ0) is 25.7. The second-order valence-corrected chi connectivity index (χ2v) is 14.4. The zero-order valence-electron chi connectivity index (χ0n) is 19.7. The van der Waals surface area contributed by atoms with Gasteiger partial charge >= 0.3 is 0 Å². The lowest BCUT2D eigenvalue weighted by atomic mass is 9.79. The van der Waals surface area contributed by atoms with E-state index in [9.17, 15) is 23.3 Å². The van der Waals surface area contributed by atoms with Gasteiger partial charge in [0.1, 0.15) is 0 Å². The Hall–Kier alpha value is -2.94. The number of aromatic nitrogens is 1. The molecule has 184 valence electrons. The van der Waals surface area contributed by atoms with Gasteiger partial charge in [-0.05, 0) is 32.0 Å². The number of hydrogen-bond acceptors (Lipinski definition) is 7. The SMILES string of the molecule is CN1C(=O)[C@@]23C[C@](C)(C#N)C(c4cn(S(=O)(=O)c5ccccc5)c5ccccc45)N2C(=O)C1(C)SS3. The van der Waals surface area contributed by atoms with Gasteiger partial charge < -0.3 is 9.80 Å². The number of rotatable bonds is 3. The van der Waals surface area contributed by atoms with Crippen molar-refractivity contribution >= 4 is 54.3 Å². The molecule has 4 aliphatic rings. The lowest BCUT2D eigenvalue weighted by Gasteiger charge is -2.57. The van der Waals surface area contributed by atoms with Gasteiger partial charge in [-0.3, -0.25) is 9.59 Å². The average molecular weight is 539 g/mol. The summed E-state index contributed by atoms with van der Waals surface area (Å²) in [5, 5.41) is 11.0. The maximum atomic E-state index is 14.0. The van der Waals surface area contributed by atoms with Crippen LogP contribution in [0.3, 0.4) is 0 Å². The largest absolute Gasteiger partial charge is 0.319 e. The van der Waals surface area contributed by atoms with Crippen LogP contribution in [0.4, 0.5) is 0 Å². The van der Waals surface area contributed by atoms with E-state index in [2.05, 4.69) is 6.07 Å². The highest BCUT2D eigenvalue weighted by atomic mass is 33.1. The minimum atomic E-state index is -3.96. The molecule has 2 aromatic carbocycles. The Kier molecular flexibility index (Phi) is 4.76. The molecule has 11 heteroatoms.